The highest BCUT2D eigenvalue weighted by atomic mass is 16.1. The molecule has 2 unspecified atom stereocenters. The Hall–Kier alpha value is -0.570. The molecule has 1 aliphatic heterocycles. The molecule has 0 spiro atoms. The van der Waals surface area contributed by atoms with Crippen molar-refractivity contribution in [2.75, 3.05) is 19.6 Å². The molecule has 16 heavy (non-hydrogen) atoms. The molecule has 2 atom stereocenters. The minimum absolute atomic E-state index is 0.181. The Morgan fingerprint density at radius 3 is 2.69 bits per heavy atom. The smallest absolute Gasteiger partial charge is 0.224 e. The Kier molecular flexibility index (Phi) is 4.78. The molecule has 1 rings (SSSR count). The number of hydrogen-bond donors (Lipinski definition) is 2. The largest absolute Gasteiger partial charge is 0.356 e. The Balaban J connectivity index is 2.29. The lowest BCUT2D eigenvalue weighted by Crippen LogP contribution is -2.42. The van der Waals surface area contributed by atoms with Crippen LogP contribution >= 0.6 is 0 Å². The van der Waals surface area contributed by atoms with Crippen molar-refractivity contribution in [2.45, 2.75) is 40.5 Å². The minimum Gasteiger partial charge on any atom is -0.356 e. The summed E-state index contributed by atoms with van der Waals surface area (Å²) in [7, 11) is 0. The Morgan fingerprint density at radius 1 is 1.50 bits per heavy atom. The first-order valence-corrected chi connectivity index (χ1v) is 6.39. The molecule has 0 saturated carbocycles. The summed E-state index contributed by atoms with van der Waals surface area (Å²) in [6.45, 7) is 11.5. The fraction of sp³-hybridized carbons (Fsp3) is 0.923. The van der Waals surface area contributed by atoms with E-state index in [2.05, 4.69) is 38.3 Å². The average Bonchev–Trinajstić information content (AvgIpc) is 2.25. The fourth-order valence-electron chi connectivity index (χ4n) is 1.78. The maximum atomic E-state index is 11.9. The second-order valence-electron chi connectivity index (χ2n) is 6.06. The SMILES string of the molecule is CC(CNC(=O)C1CCCNC1)C(C)(C)C. The summed E-state index contributed by atoms with van der Waals surface area (Å²) in [5.41, 5.74) is 0.262. The van der Waals surface area contributed by atoms with Gasteiger partial charge in [0.25, 0.3) is 0 Å². The van der Waals surface area contributed by atoms with E-state index >= 15 is 0 Å². The third-order valence-corrected chi connectivity index (χ3v) is 3.73. The molecule has 94 valence electrons. The molecule has 2 N–H and O–H groups in total. The lowest BCUT2D eigenvalue weighted by atomic mass is 9.82. The lowest BCUT2D eigenvalue weighted by molar-refractivity contribution is -0.125. The Labute approximate surface area is 99.4 Å². The van der Waals surface area contributed by atoms with Crippen molar-refractivity contribution in [1.29, 1.82) is 0 Å². The summed E-state index contributed by atoms with van der Waals surface area (Å²) in [6, 6.07) is 0. The maximum Gasteiger partial charge on any atom is 0.224 e. The summed E-state index contributed by atoms with van der Waals surface area (Å²) < 4.78 is 0. The molecule has 0 aromatic heterocycles. The maximum absolute atomic E-state index is 11.9. The van der Waals surface area contributed by atoms with Gasteiger partial charge in [0, 0.05) is 13.1 Å². The van der Waals surface area contributed by atoms with Crippen LogP contribution < -0.4 is 10.6 Å². The van der Waals surface area contributed by atoms with Crippen molar-refractivity contribution in [3.63, 3.8) is 0 Å². The topological polar surface area (TPSA) is 41.1 Å². The lowest BCUT2D eigenvalue weighted by Gasteiger charge is -2.29. The normalized spacial score (nSPS) is 23.9. The second-order valence-corrected chi connectivity index (χ2v) is 6.06. The summed E-state index contributed by atoms with van der Waals surface area (Å²) in [5.74, 6) is 0.914. The van der Waals surface area contributed by atoms with Crippen LogP contribution in [-0.2, 0) is 4.79 Å². The number of carbonyl (C=O) groups excluding carboxylic acids is 1. The first-order valence-electron chi connectivity index (χ1n) is 6.39. The highest BCUT2D eigenvalue weighted by molar-refractivity contribution is 5.78. The van der Waals surface area contributed by atoms with Crippen molar-refractivity contribution < 1.29 is 4.79 Å². The van der Waals surface area contributed by atoms with Crippen LogP contribution in [0.25, 0.3) is 0 Å². The van der Waals surface area contributed by atoms with Gasteiger partial charge in [-0.05, 0) is 30.7 Å². The molecule has 1 heterocycles. The number of amides is 1. The van der Waals surface area contributed by atoms with E-state index in [-0.39, 0.29) is 17.2 Å². The summed E-state index contributed by atoms with van der Waals surface area (Å²) in [6.07, 6.45) is 2.15. The first-order chi connectivity index (χ1) is 7.41. The van der Waals surface area contributed by atoms with Crippen molar-refractivity contribution in [3.05, 3.63) is 0 Å². The Morgan fingerprint density at radius 2 is 2.19 bits per heavy atom. The molecule has 3 nitrogen and oxygen atoms in total. The molecule has 0 aromatic rings. The van der Waals surface area contributed by atoms with Crippen molar-refractivity contribution >= 4 is 5.91 Å². The van der Waals surface area contributed by atoms with Crippen molar-refractivity contribution in [3.8, 4) is 0 Å². The summed E-state index contributed by atoms with van der Waals surface area (Å²) in [4.78, 5) is 11.9. The molecule has 0 aliphatic carbocycles. The van der Waals surface area contributed by atoms with Crippen LogP contribution in [0.3, 0.4) is 0 Å². The first kappa shape index (κ1) is 13.5. The molecule has 0 bridgehead atoms. The minimum atomic E-state index is 0.181. The zero-order valence-corrected chi connectivity index (χ0v) is 11.1. The molecule has 3 heteroatoms. The number of piperidine rings is 1. The van der Waals surface area contributed by atoms with E-state index in [0.717, 1.165) is 32.5 Å². The monoisotopic (exact) mass is 226 g/mol. The number of hydrogen-bond acceptors (Lipinski definition) is 2. The summed E-state index contributed by atoms with van der Waals surface area (Å²) in [5, 5.41) is 6.35. The zero-order valence-electron chi connectivity index (χ0n) is 11.1. The van der Waals surface area contributed by atoms with E-state index in [1.54, 1.807) is 0 Å². The van der Waals surface area contributed by atoms with E-state index in [4.69, 9.17) is 0 Å². The van der Waals surface area contributed by atoms with Crippen LogP contribution in [0.4, 0.5) is 0 Å². The molecule has 0 aromatic carbocycles. The van der Waals surface area contributed by atoms with Gasteiger partial charge in [0.2, 0.25) is 5.91 Å². The molecular weight excluding hydrogens is 200 g/mol. The number of carbonyl (C=O) groups is 1. The van der Waals surface area contributed by atoms with Gasteiger partial charge >= 0.3 is 0 Å². The predicted octanol–water partition coefficient (Wildman–Crippen LogP) is 1.78. The van der Waals surface area contributed by atoms with Gasteiger partial charge in [0.05, 0.1) is 5.92 Å². The van der Waals surface area contributed by atoms with Crippen LogP contribution in [0, 0.1) is 17.3 Å². The van der Waals surface area contributed by atoms with Crippen LogP contribution in [0.15, 0.2) is 0 Å². The molecule has 1 amide bonds. The number of rotatable bonds is 3. The van der Waals surface area contributed by atoms with Gasteiger partial charge in [-0.2, -0.15) is 0 Å². The third-order valence-electron chi connectivity index (χ3n) is 3.73. The van der Waals surface area contributed by atoms with Crippen LogP contribution in [0.1, 0.15) is 40.5 Å². The fourth-order valence-corrected chi connectivity index (χ4v) is 1.78. The van der Waals surface area contributed by atoms with Gasteiger partial charge in [0.1, 0.15) is 0 Å². The van der Waals surface area contributed by atoms with Crippen LogP contribution in [0.2, 0.25) is 0 Å². The van der Waals surface area contributed by atoms with Gasteiger partial charge in [-0.15, -0.1) is 0 Å². The predicted molar refractivity (Wildman–Crippen MR) is 67.2 cm³/mol. The standard InChI is InChI=1S/C13H26N2O/c1-10(13(2,3)4)8-15-12(16)11-6-5-7-14-9-11/h10-11,14H,5-9H2,1-4H3,(H,15,16). The number of nitrogens with one attached hydrogen (secondary N) is 2. The third kappa shape index (κ3) is 4.12. The van der Waals surface area contributed by atoms with Crippen LogP contribution in [-0.4, -0.2) is 25.5 Å². The van der Waals surface area contributed by atoms with E-state index in [1.807, 2.05) is 0 Å². The Bertz CT molecular complexity index is 227. The summed E-state index contributed by atoms with van der Waals surface area (Å²) >= 11 is 0. The van der Waals surface area contributed by atoms with E-state index in [1.165, 1.54) is 0 Å². The molecule has 0 radical (unpaired) electrons. The van der Waals surface area contributed by atoms with Crippen molar-refractivity contribution in [1.82, 2.24) is 10.6 Å². The van der Waals surface area contributed by atoms with Gasteiger partial charge < -0.3 is 10.6 Å². The molecule has 1 saturated heterocycles. The van der Waals surface area contributed by atoms with Gasteiger partial charge in [-0.1, -0.05) is 27.7 Å². The van der Waals surface area contributed by atoms with Gasteiger partial charge in [-0.25, -0.2) is 0 Å². The quantitative estimate of drug-likeness (QED) is 0.770. The zero-order chi connectivity index (χ0) is 12.2. The van der Waals surface area contributed by atoms with E-state index in [9.17, 15) is 4.79 Å². The molecular formula is C13H26N2O. The highest BCUT2D eigenvalue weighted by Crippen LogP contribution is 2.24. The van der Waals surface area contributed by atoms with Gasteiger partial charge in [0.15, 0.2) is 0 Å². The van der Waals surface area contributed by atoms with Crippen LogP contribution in [0.5, 0.6) is 0 Å². The van der Waals surface area contributed by atoms with E-state index < -0.39 is 0 Å². The molecule has 1 aliphatic rings. The van der Waals surface area contributed by atoms with Crippen molar-refractivity contribution in [2.24, 2.45) is 17.3 Å². The molecule has 1 fully saturated rings. The van der Waals surface area contributed by atoms with Gasteiger partial charge in [-0.3, -0.25) is 4.79 Å². The van der Waals surface area contributed by atoms with E-state index in [0.29, 0.717) is 5.92 Å². The second kappa shape index (κ2) is 5.67. The highest BCUT2D eigenvalue weighted by Gasteiger charge is 2.24. The average molecular weight is 226 g/mol.